The molecule has 1 amide bonds. The minimum atomic E-state index is -0.189. The maximum absolute atomic E-state index is 14.0. The lowest BCUT2D eigenvalue weighted by molar-refractivity contribution is 0.0933. The molecule has 1 atom stereocenters. The van der Waals surface area contributed by atoms with E-state index in [0.29, 0.717) is 23.6 Å². The number of nitrogens with one attached hydrogen (secondary N) is 1. The zero-order valence-electron chi connectivity index (χ0n) is 20.1. The fourth-order valence-electron chi connectivity index (χ4n) is 4.32. The van der Waals surface area contributed by atoms with Crippen LogP contribution in [0.25, 0.3) is 22.2 Å². The van der Waals surface area contributed by atoms with Gasteiger partial charge in [0.2, 0.25) is 0 Å². The van der Waals surface area contributed by atoms with Crippen LogP contribution >= 0.6 is 0 Å². The van der Waals surface area contributed by atoms with E-state index < -0.39 is 0 Å². The molecule has 5 rings (SSSR count). The Bertz CT molecular complexity index is 1460. The van der Waals surface area contributed by atoms with Gasteiger partial charge in [-0.15, -0.1) is 0 Å². The van der Waals surface area contributed by atoms with E-state index in [-0.39, 0.29) is 11.9 Å². The Kier molecular flexibility index (Phi) is 6.99. The van der Waals surface area contributed by atoms with Crippen LogP contribution in [0.3, 0.4) is 0 Å². The highest BCUT2D eigenvalue weighted by molar-refractivity contribution is 6.10. The molecule has 0 spiro atoms. The summed E-state index contributed by atoms with van der Waals surface area (Å²) in [6, 6.07) is 31.3. The monoisotopic (exact) mass is 473 g/mol. The summed E-state index contributed by atoms with van der Waals surface area (Å²) < 4.78 is 6.41. The summed E-state index contributed by atoms with van der Waals surface area (Å²) in [4.78, 5) is 23.0. The normalized spacial score (nSPS) is 11.7. The highest BCUT2D eigenvalue weighted by atomic mass is 16.5. The molecule has 0 aliphatic heterocycles. The van der Waals surface area contributed by atoms with Crippen LogP contribution in [0.5, 0.6) is 5.75 Å². The van der Waals surface area contributed by atoms with Crippen LogP contribution in [0.4, 0.5) is 0 Å². The lowest BCUT2D eigenvalue weighted by atomic mass is 10.00. The third kappa shape index (κ3) is 4.96. The quantitative estimate of drug-likeness (QED) is 0.270. The fourth-order valence-corrected chi connectivity index (χ4v) is 4.32. The summed E-state index contributed by atoms with van der Waals surface area (Å²) in [7, 11) is 0. The second-order valence-electron chi connectivity index (χ2n) is 8.54. The molecular formula is C31H27N3O2. The van der Waals surface area contributed by atoms with E-state index in [2.05, 4.69) is 17.2 Å². The molecule has 5 aromatic rings. The second-order valence-corrected chi connectivity index (χ2v) is 8.54. The number of benzene rings is 3. The minimum absolute atomic E-state index is 0.126. The summed E-state index contributed by atoms with van der Waals surface area (Å²) in [5.74, 6) is 0.281. The molecule has 1 N–H and O–H groups in total. The standard InChI is InChI=1S/C31H27N3O2/c1-2-26(23-11-5-3-6-12-23)34-31(35)28-25-15-9-10-16-27(25)33-29(24-13-7-4-8-14-24)30(28)36-21-22-17-19-32-20-18-22/h3-20,26H,2,21H2,1H3,(H,34,35). The predicted octanol–water partition coefficient (Wildman–Crippen LogP) is 6.76. The molecule has 0 aliphatic carbocycles. The SMILES string of the molecule is CCC(NC(=O)c1c(OCc2ccncc2)c(-c2ccccc2)nc2ccccc12)c1ccccc1. The molecule has 0 bridgehead atoms. The Labute approximate surface area is 210 Å². The number of carbonyl (C=O) groups is 1. The third-order valence-electron chi connectivity index (χ3n) is 6.17. The number of hydrogen-bond acceptors (Lipinski definition) is 4. The van der Waals surface area contributed by atoms with Crippen LogP contribution in [-0.4, -0.2) is 15.9 Å². The smallest absolute Gasteiger partial charge is 0.256 e. The van der Waals surface area contributed by atoms with Crippen LogP contribution in [0, 0.1) is 0 Å². The number of pyridine rings is 2. The first-order chi connectivity index (χ1) is 17.7. The number of aromatic nitrogens is 2. The molecule has 0 fully saturated rings. The molecule has 5 nitrogen and oxygen atoms in total. The van der Waals surface area contributed by atoms with Gasteiger partial charge in [0.15, 0.2) is 5.75 Å². The van der Waals surface area contributed by atoms with Gasteiger partial charge in [-0.2, -0.15) is 0 Å². The zero-order chi connectivity index (χ0) is 24.7. The van der Waals surface area contributed by atoms with Crippen LogP contribution < -0.4 is 10.1 Å². The number of rotatable bonds is 8. The first kappa shape index (κ1) is 23.2. The number of carbonyl (C=O) groups excluding carboxylic acids is 1. The molecular weight excluding hydrogens is 446 g/mol. The lowest BCUT2D eigenvalue weighted by Crippen LogP contribution is -2.29. The molecule has 3 aromatic carbocycles. The Balaban J connectivity index is 1.64. The predicted molar refractivity (Wildman–Crippen MR) is 143 cm³/mol. The highest BCUT2D eigenvalue weighted by Crippen LogP contribution is 2.37. The maximum atomic E-state index is 14.0. The Morgan fingerprint density at radius 1 is 0.861 bits per heavy atom. The first-order valence-corrected chi connectivity index (χ1v) is 12.1. The van der Waals surface area contributed by atoms with Crippen LogP contribution in [0.15, 0.2) is 109 Å². The summed E-state index contributed by atoms with van der Waals surface area (Å²) in [5, 5.41) is 4.00. The van der Waals surface area contributed by atoms with Crippen molar-refractivity contribution < 1.29 is 9.53 Å². The average molecular weight is 474 g/mol. The molecule has 0 aliphatic rings. The van der Waals surface area contributed by atoms with E-state index in [4.69, 9.17) is 9.72 Å². The number of para-hydroxylation sites is 1. The van der Waals surface area contributed by atoms with Crippen molar-refractivity contribution in [2.24, 2.45) is 0 Å². The molecule has 2 heterocycles. The molecule has 0 radical (unpaired) electrons. The van der Waals surface area contributed by atoms with Gasteiger partial charge >= 0.3 is 0 Å². The van der Waals surface area contributed by atoms with E-state index in [0.717, 1.165) is 34.0 Å². The second kappa shape index (κ2) is 10.8. The van der Waals surface area contributed by atoms with Gasteiger partial charge < -0.3 is 10.1 Å². The topological polar surface area (TPSA) is 64.1 Å². The lowest BCUT2D eigenvalue weighted by Gasteiger charge is -2.21. The third-order valence-corrected chi connectivity index (χ3v) is 6.17. The van der Waals surface area contributed by atoms with Crippen LogP contribution in [-0.2, 0) is 6.61 Å². The summed E-state index contributed by atoms with van der Waals surface area (Å²) >= 11 is 0. The highest BCUT2D eigenvalue weighted by Gasteiger charge is 2.25. The molecule has 36 heavy (non-hydrogen) atoms. The van der Waals surface area contributed by atoms with E-state index in [1.165, 1.54) is 0 Å². The van der Waals surface area contributed by atoms with Crippen molar-refractivity contribution in [1.29, 1.82) is 0 Å². The van der Waals surface area contributed by atoms with Gasteiger partial charge in [-0.25, -0.2) is 4.98 Å². The number of fused-ring (bicyclic) bond motifs is 1. The number of amides is 1. The van der Waals surface area contributed by atoms with E-state index in [9.17, 15) is 4.79 Å². The van der Waals surface area contributed by atoms with Crippen molar-refractivity contribution in [3.63, 3.8) is 0 Å². The van der Waals surface area contributed by atoms with Crippen molar-refractivity contribution in [2.45, 2.75) is 26.0 Å². The molecule has 0 saturated carbocycles. The summed E-state index contributed by atoms with van der Waals surface area (Å²) in [5.41, 5.74) is 4.78. The molecule has 5 heteroatoms. The summed E-state index contributed by atoms with van der Waals surface area (Å²) in [6.45, 7) is 2.36. The first-order valence-electron chi connectivity index (χ1n) is 12.1. The van der Waals surface area contributed by atoms with Crippen molar-refractivity contribution in [3.05, 3.63) is 126 Å². The van der Waals surface area contributed by atoms with E-state index >= 15 is 0 Å². The van der Waals surface area contributed by atoms with Crippen molar-refractivity contribution in [2.75, 3.05) is 0 Å². The average Bonchev–Trinajstić information content (AvgIpc) is 2.95. The molecule has 178 valence electrons. The van der Waals surface area contributed by atoms with Gasteiger partial charge in [-0.1, -0.05) is 85.8 Å². The van der Waals surface area contributed by atoms with E-state index in [1.54, 1.807) is 12.4 Å². The van der Waals surface area contributed by atoms with Gasteiger partial charge in [0.25, 0.3) is 5.91 Å². The Morgan fingerprint density at radius 2 is 1.53 bits per heavy atom. The number of hydrogen-bond donors (Lipinski definition) is 1. The number of ether oxygens (including phenoxy) is 1. The van der Waals surface area contributed by atoms with E-state index in [1.807, 2.05) is 97.1 Å². The molecule has 0 saturated heterocycles. The number of nitrogens with zero attached hydrogens (tertiary/aromatic N) is 2. The summed E-state index contributed by atoms with van der Waals surface area (Å²) in [6.07, 6.45) is 4.22. The molecule has 2 aromatic heterocycles. The fraction of sp³-hybridized carbons (Fsp3) is 0.129. The van der Waals surface area contributed by atoms with Crippen LogP contribution in [0.1, 0.15) is 40.9 Å². The van der Waals surface area contributed by atoms with Gasteiger partial charge in [0.05, 0.1) is 17.1 Å². The van der Waals surface area contributed by atoms with Crippen molar-refractivity contribution >= 4 is 16.8 Å². The van der Waals surface area contributed by atoms with Crippen molar-refractivity contribution in [3.8, 4) is 17.0 Å². The van der Waals surface area contributed by atoms with Crippen LogP contribution in [0.2, 0.25) is 0 Å². The molecule has 1 unspecified atom stereocenters. The zero-order valence-corrected chi connectivity index (χ0v) is 20.1. The van der Waals surface area contributed by atoms with Gasteiger partial charge in [-0.3, -0.25) is 9.78 Å². The van der Waals surface area contributed by atoms with Gasteiger partial charge in [0, 0.05) is 23.3 Å². The Morgan fingerprint density at radius 3 is 2.25 bits per heavy atom. The minimum Gasteiger partial charge on any atom is -0.486 e. The largest absolute Gasteiger partial charge is 0.486 e. The van der Waals surface area contributed by atoms with Gasteiger partial charge in [-0.05, 0) is 35.7 Å². The Hall–Kier alpha value is -4.51. The van der Waals surface area contributed by atoms with Gasteiger partial charge in [0.1, 0.15) is 12.3 Å². The maximum Gasteiger partial charge on any atom is 0.256 e. The van der Waals surface area contributed by atoms with Crippen molar-refractivity contribution in [1.82, 2.24) is 15.3 Å².